The highest BCUT2D eigenvalue weighted by Gasteiger charge is 2.64. The van der Waals surface area contributed by atoms with E-state index < -0.39 is 17.7 Å². The Labute approximate surface area is 219 Å². The van der Waals surface area contributed by atoms with Crippen molar-refractivity contribution in [2.75, 3.05) is 26.4 Å². The van der Waals surface area contributed by atoms with Gasteiger partial charge >= 0.3 is 6.16 Å². The molecule has 3 aromatic carbocycles. The average Bonchev–Trinajstić information content (AvgIpc) is 3.24. The van der Waals surface area contributed by atoms with E-state index in [1.54, 1.807) is 0 Å². The van der Waals surface area contributed by atoms with Crippen LogP contribution >= 0.6 is 0 Å². The van der Waals surface area contributed by atoms with Crippen LogP contribution in [0.4, 0.5) is 4.79 Å². The lowest BCUT2D eigenvalue weighted by atomic mass is 9.70. The second-order valence-electron chi connectivity index (χ2n) is 11.2. The Morgan fingerprint density at radius 3 is 2.00 bits per heavy atom. The van der Waals surface area contributed by atoms with Gasteiger partial charge in [0.25, 0.3) is 0 Å². The predicted octanol–water partition coefficient (Wildman–Crippen LogP) is 6.56. The van der Waals surface area contributed by atoms with Gasteiger partial charge in [-0.15, -0.1) is 0 Å². The number of hydrogen-bond donors (Lipinski definition) is 0. The second-order valence-corrected chi connectivity index (χ2v) is 11.2. The maximum atomic E-state index is 13.0. The fourth-order valence-electron chi connectivity index (χ4n) is 6.56. The summed E-state index contributed by atoms with van der Waals surface area (Å²) in [7, 11) is 0. The molecule has 5 nitrogen and oxygen atoms in total. The van der Waals surface area contributed by atoms with E-state index in [0.29, 0.717) is 13.2 Å². The molecule has 2 aliphatic carbocycles. The molecule has 0 heterocycles. The summed E-state index contributed by atoms with van der Waals surface area (Å²) in [6, 6.07) is 26.7. The molecule has 0 radical (unpaired) electrons. The van der Waals surface area contributed by atoms with Crippen molar-refractivity contribution in [3.05, 3.63) is 101 Å². The molecule has 0 saturated carbocycles. The summed E-state index contributed by atoms with van der Waals surface area (Å²) in [6.45, 7) is 10.1. The minimum Gasteiger partial charge on any atom is -0.491 e. The molecule has 3 aromatic rings. The van der Waals surface area contributed by atoms with E-state index in [9.17, 15) is 4.79 Å². The largest absolute Gasteiger partial charge is 0.508 e. The van der Waals surface area contributed by atoms with Crippen molar-refractivity contribution in [2.24, 2.45) is 0 Å². The molecular weight excluding hydrogens is 464 g/mol. The Morgan fingerprint density at radius 1 is 0.730 bits per heavy atom. The smallest absolute Gasteiger partial charge is 0.491 e. The van der Waals surface area contributed by atoms with Gasteiger partial charge in [-0.25, -0.2) is 4.79 Å². The number of benzene rings is 3. The van der Waals surface area contributed by atoms with Crippen LogP contribution in [0.5, 0.6) is 5.75 Å². The quantitative estimate of drug-likeness (QED) is 0.259. The highest BCUT2D eigenvalue weighted by atomic mass is 16.7. The third-order valence-electron chi connectivity index (χ3n) is 7.96. The third kappa shape index (κ3) is 4.50. The van der Waals surface area contributed by atoms with Crippen molar-refractivity contribution in [2.45, 2.75) is 56.5 Å². The van der Waals surface area contributed by atoms with E-state index in [0.717, 1.165) is 12.2 Å². The molecule has 5 heteroatoms. The zero-order valence-electron chi connectivity index (χ0n) is 22.2. The van der Waals surface area contributed by atoms with Gasteiger partial charge in [-0.3, -0.25) is 0 Å². The first kappa shape index (κ1) is 25.3. The van der Waals surface area contributed by atoms with Crippen molar-refractivity contribution in [1.82, 2.24) is 0 Å². The zero-order chi connectivity index (χ0) is 26.1. The van der Waals surface area contributed by atoms with Crippen LogP contribution in [0.1, 0.15) is 56.4 Å². The fourth-order valence-corrected chi connectivity index (χ4v) is 6.56. The maximum Gasteiger partial charge on any atom is 0.508 e. The molecule has 2 unspecified atom stereocenters. The molecule has 0 bridgehead atoms. The van der Waals surface area contributed by atoms with E-state index in [2.05, 4.69) is 76.2 Å². The molecule has 0 fully saturated rings. The minimum atomic E-state index is -0.656. The van der Waals surface area contributed by atoms with Gasteiger partial charge in [0.2, 0.25) is 0 Å². The van der Waals surface area contributed by atoms with Crippen molar-refractivity contribution >= 4 is 6.16 Å². The number of rotatable bonds is 8. The van der Waals surface area contributed by atoms with Crippen LogP contribution in [-0.4, -0.2) is 38.7 Å². The van der Waals surface area contributed by atoms with Crippen LogP contribution in [-0.2, 0) is 30.5 Å². The summed E-state index contributed by atoms with van der Waals surface area (Å²) in [5.74, 6) is 0.802. The van der Waals surface area contributed by atoms with Crippen LogP contribution in [0.3, 0.4) is 0 Å². The molecule has 37 heavy (non-hydrogen) atoms. The molecule has 1 spiro atoms. The summed E-state index contributed by atoms with van der Waals surface area (Å²) >= 11 is 0. The number of carbonyl (C=O) groups excluding carboxylic acids is 1. The van der Waals surface area contributed by atoms with Crippen LogP contribution in [0.25, 0.3) is 0 Å². The monoisotopic (exact) mass is 500 g/mol. The Morgan fingerprint density at radius 2 is 1.30 bits per heavy atom. The van der Waals surface area contributed by atoms with Crippen LogP contribution in [0, 0.1) is 0 Å². The molecule has 0 aliphatic heterocycles. The summed E-state index contributed by atoms with van der Waals surface area (Å²) in [5, 5.41) is 0. The van der Waals surface area contributed by atoms with Crippen molar-refractivity contribution < 1.29 is 23.7 Å². The molecule has 2 aliphatic rings. The average molecular weight is 501 g/mol. The van der Waals surface area contributed by atoms with Crippen LogP contribution < -0.4 is 4.74 Å². The van der Waals surface area contributed by atoms with Gasteiger partial charge in [-0.1, -0.05) is 94.4 Å². The standard InChI is InChI=1S/C32H36O5/c1-30(2)22-32(26-16-10-8-14-24(26)30)27-17-11-9-15-25(27)31(3,4)28(32)37-29(33)36-21-19-34-18-20-35-23-12-6-5-7-13-23/h5-17,28H,18-22H2,1-4H3. The number of para-hydroxylation sites is 1. The number of carbonyl (C=O) groups is 1. The first-order chi connectivity index (χ1) is 17.8. The maximum absolute atomic E-state index is 13.0. The molecule has 0 aromatic heterocycles. The molecule has 194 valence electrons. The molecule has 0 N–H and O–H groups in total. The first-order valence-corrected chi connectivity index (χ1v) is 13.1. The summed E-state index contributed by atoms with van der Waals surface area (Å²) in [5.41, 5.74) is 4.18. The lowest BCUT2D eigenvalue weighted by molar-refractivity contribution is -0.0316. The molecule has 0 amide bonds. The van der Waals surface area contributed by atoms with Gasteiger partial charge in [0.1, 0.15) is 25.1 Å². The van der Waals surface area contributed by atoms with Gasteiger partial charge < -0.3 is 18.9 Å². The number of fused-ring (bicyclic) bond motifs is 4. The van der Waals surface area contributed by atoms with E-state index >= 15 is 0 Å². The molecule has 0 saturated heterocycles. The summed E-state index contributed by atoms with van der Waals surface area (Å²) in [4.78, 5) is 13.0. The highest BCUT2D eigenvalue weighted by Crippen LogP contribution is 2.63. The summed E-state index contributed by atoms with van der Waals surface area (Å²) < 4.78 is 22.9. The second kappa shape index (κ2) is 9.86. The Balaban J connectivity index is 1.26. The SMILES string of the molecule is CC1(C)CC2(c3ccccc31)c1ccccc1C(C)(C)C2OC(=O)OCCOCCOc1ccccc1. The van der Waals surface area contributed by atoms with Crippen molar-refractivity contribution in [3.8, 4) is 5.75 Å². The van der Waals surface area contributed by atoms with Gasteiger partial charge in [0.05, 0.1) is 18.6 Å². The van der Waals surface area contributed by atoms with Crippen LogP contribution in [0.15, 0.2) is 78.9 Å². The highest BCUT2D eigenvalue weighted by molar-refractivity contribution is 5.66. The molecule has 5 rings (SSSR count). The third-order valence-corrected chi connectivity index (χ3v) is 7.96. The number of ether oxygens (including phenoxy) is 4. The Hall–Kier alpha value is -3.31. The van der Waals surface area contributed by atoms with Crippen molar-refractivity contribution in [3.63, 3.8) is 0 Å². The van der Waals surface area contributed by atoms with Gasteiger partial charge in [0, 0.05) is 5.41 Å². The van der Waals surface area contributed by atoms with E-state index in [1.807, 2.05) is 30.3 Å². The predicted molar refractivity (Wildman–Crippen MR) is 143 cm³/mol. The van der Waals surface area contributed by atoms with E-state index in [4.69, 9.17) is 18.9 Å². The Bertz CT molecular complexity index is 1240. The Kier molecular flexibility index (Phi) is 6.76. The van der Waals surface area contributed by atoms with Gasteiger partial charge in [-0.2, -0.15) is 0 Å². The van der Waals surface area contributed by atoms with Crippen LogP contribution in [0.2, 0.25) is 0 Å². The lowest BCUT2D eigenvalue weighted by Crippen LogP contribution is -2.46. The van der Waals surface area contributed by atoms with Crippen molar-refractivity contribution in [1.29, 1.82) is 0 Å². The zero-order valence-corrected chi connectivity index (χ0v) is 22.2. The first-order valence-electron chi connectivity index (χ1n) is 13.1. The topological polar surface area (TPSA) is 54.0 Å². The molecular formula is C32H36O5. The lowest BCUT2D eigenvalue weighted by Gasteiger charge is -2.39. The number of hydrogen-bond acceptors (Lipinski definition) is 5. The van der Waals surface area contributed by atoms with Gasteiger partial charge in [-0.05, 0) is 46.2 Å². The normalized spacial score (nSPS) is 22.3. The minimum absolute atomic E-state index is 0.0503. The van der Waals surface area contributed by atoms with E-state index in [1.165, 1.54) is 22.3 Å². The summed E-state index contributed by atoms with van der Waals surface area (Å²) in [6.07, 6.45) is -0.188. The van der Waals surface area contributed by atoms with Gasteiger partial charge in [0.15, 0.2) is 0 Å². The van der Waals surface area contributed by atoms with E-state index in [-0.39, 0.29) is 24.0 Å². The molecule has 2 atom stereocenters. The fraction of sp³-hybridized carbons (Fsp3) is 0.406.